The van der Waals surface area contributed by atoms with Gasteiger partial charge in [0.1, 0.15) is 23.4 Å². The number of primary amides is 1. The van der Waals surface area contributed by atoms with Crippen LogP contribution in [0.25, 0.3) is 0 Å². The SMILES string of the molecule is Cc1nc(Cl)cc(NCCOCC(N)=O)n1. The van der Waals surface area contributed by atoms with Gasteiger partial charge in [0, 0.05) is 12.6 Å². The fourth-order valence-corrected chi connectivity index (χ4v) is 1.27. The Labute approximate surface area is 98.2 Å². The van der Waals surface area contributed by atoms with Gasteiger partial charge in [-0.05, 0) is 6.92 Å². The van der Waals surface area contributed by atoms with E-state index in [0.29, 0.717) is 29.9 Å². The highest BCUT2D eigenvalue weighted by Crippen LogP contribution is 2.10. The van der Waals surface area contributed by atoms with Crippen LogP contribution in [0.5, 0.6) is 0 Å². The van der Waals surface area contributed by atoms with Crippen molar-refractivity contribution in [1.82, 2.24) is 9.97 Å². The van der Waals surface area contributed by atoms with E-state index in [0.717, 1.165) is 0 Å². The van der Waals surface area contributed by atoms with Gasteiger partial charge in [0.15, 0.2) is 0 Å². The lowest BCUT2D eigenvalue weighted by molar-refractivity contribution is -0.122. The fourth-order valence-electron chi connectivity index (χ4n) is 1.05. The molecule has 0 aliphatic rings. The van der Waals surface area contributed by atoms with Crippen molar-refractivity contribution in [1.29, 1.82) is 0 Å². The lowest BCUT2D eigenvalue weighted by Crippen LogP contribution is -2.20. The zero-order valence-electron chi connectivity index (χ0n) is 8.86. The molecule has 0 atom stereocenters. The summed E-state index contributed by atoms with van der Waals surface area (Å²) in [6.45, 7) is 2.55. The summed E-state index contributed by atoms with van der Waals surface area (Å²) in [5.74, 6) is 0.731. The quantitative estimate of drug-likeness (QED) is 0.557. The average molecular weight is 245 g/mol. The van der Waals surface area contributed by atoms with Crippen LogP contribution in [0, 0.1) is 6.92 Å². The van der Waals surface area contributed by atoms with E-state index in [-0.39, 0.29) is 6.61 Å². The van der Waals surface area contributed by atoms with Crippen LogP contribution in [0.4, 0.5) is 5.82 Å². The first-order chi connectivity index (χ1) is 7.58. The van der Waals surface area contributed by atoms with Crippen LogP contribution in [0.3, 0.4) is 0 Å². The minimum Gasteiger partial charge on any atom is -0.370 e. The number of aryl methyl sites for hydroxylation is 1. The molecule has 0 unspecified atom stereocenters. The summed E-state index contributed by atoms with van der Waals surface area (Å²) in [5, 5.41) is 3.37. The molecule has 1 aromatic rings. The first kappa shape index (κ1) is 12.7. The van der Waals surface area contributed by atoms with E-state index >= 15 is 0 Å². The summed E-state index contributed by atoms with van der Waals surface area (Å²) in [6, 6.07) is 1.61. The number of rotatable bonds is 6. The van der Waals surface area contributed by atoms with Crippen molar-refractivity contribution in [2.24, 2.45) is 5.73 Å². The molecule has 0 aromatic carbocycles. The summed E-state index contributed by atoms with van der Waals surface area (Å²) in [6.07, 6.45) is 0. The maximum atomic E-state index is 10.4. The summed E-state index contributed by atoms with van der Waals surface area (Å²) >= 11 is 5.75. The van der Waals surface area contributed by atoms with Gasteiger partial charge >= 0.3 is 0 Å². The fraction of sp³-hybridized carbons (Fsp3) is 0.444. The second kappa shape index (κ2) is 6.24. The van der Waals surface area contributed by atoms with Gasteiger partial charge in [0.05, 0.1) is 6.61 Å². The molecule has 0 fully saturated rings. The monoisotopic (exact) mass is 244 g/mol. The lowest BCUT2D eigenvalue weighted by Gasteiger charge is -2.06. The number of carbonyl (C=O) groups excluding carboxylic acids is 1. The third kappa shape index (κ3) is 4.90. The molecule has 7 heteroatoms. The number of halogens is 1. The zero-order chi connectivity index (χ0) is 12.0. The molecule has 0 saturated carbocycles. The standard InChI is InChI=1S/C9H13ClN4O2/c1-6-13-7(10)4-9(14-6)12-2-3-16-5-8(11)15/h4H,2-3,5H2,1H3,(H2,11,15)(H,12,13,14). The Balaban J connectivity index is 2.29. The van der Waals surface area contributed by atoms with E-state index in [2.05, 4.69) is 15.3 Å². The molecule has 0 saturated heterocycles. The third-order valence-corrected chi connectivity index (χ3v) is 1.80. The van der Waals surface area contributed by atoms with Crippen molar-refractivity contribution in [2.45, 2.75) is 6.92 Å². The van der Waals surface area contributed by atoms with Crippen molar-refractivity contribution in [3.63, 3.8) is 0 Å². The number of ether oxygens (including phenoxy) is 1. The number of anilines is 1. The molecule has 6 nitrogen and oxygen atoms in total. The van der Waals surface area contributed by atoms with E-state index < -0.39 is 5.91 Å². The van der Waals surface area contributed by atoms with Crippen molar-refractivity contribution in [2.75, 3.05) is 25.1 Å². The molecule has 1 aromatic heterocycles. The van der Waals surface area contributed by atoms with Crippen molar-refractivity contribution < 1.29 is 9.53 Å². The van der Waals surface area contributed by atoms with Crippen LogP contribution in [-0.4, -0.2) is 35.6 Å². The highest BCUT2D eigenvalue weighted by atomic mass is 35.5. The minimum absolute atomic E-state index is 0.0781. The molecule has 1 rings (SSSR count). The number of hydrogen-bond acceptors (Lipinski definition) is 5. The number of nitrogens with one attached hydrogen (secondary N) is 1. The van der Waals surface area contributed by atoms with Crippen molar-refractivity contribution >= 4 is 23.3 Å². The molecule has 88 valence electrons. The van der Waals surface area contributed by atoms with Gasteiger partial charge < -0.3 is 15.8 Å². The number of amides is 1. The first-order valence-electron chi connectivity index (χ1n) is 4.69. The van der Waals surface area contributed by atoms with Gasteiger partial charge in [-0.3, -0.25) is 4.79 Å². The molecule has 1 amide bonds. The maximum Gasteiger partial charge on any atom is 0.243 e. The van der Waals surface area contributed by atoms with E-state index in [9.17, 15) is 4.79 Å². The summed E-state index contributed by atoms with van der Waals surface area (Å²) in [7, 11) is 0. The second-order valence-corrected chi connectivity index (χ2v) is 3.46. The molecule has 0 aliphatic heterocycles. The summed E-state index contributed by atoms with van der Waals surface area (Å²) < 4.78 is 4.96. The maximum absolute atomic E-state index is 10.4. The van der Waals surface area contributed by atoms with Crippen LogP contribution in [-0.2, 0) is 9.53 Å². The predicted molar refractivity (Wildman–Crippen MR) is 60.3 cm³/mol. The van der Waals surface area contributed by atoms with E-state index in [1.165, 1.54) is 0 Å². The molecular weight excluding hydrogens is 232 g/mol. The number of nitrogens with zero attached hydrogens (tertiary/aromatic N) is 2. The average Bonchev–Trinajstić information content (AvgIpc) is 2.15. The molecule has 1 heterocycles. The van der Waals surface area contributed by atoms with Crippen LogP contribution in [0.15, 0.2) is 6.07 Å². The Kier molecular flexibility index (Phi) is 4.94. The Bertz CT molecular complexity index is 352. The van der Waals surface area contributed by atoms with Crippen LogP contribution >= 0.6 is 11.6 Å². The normalized spacial score (nSPS) is 10.1. The number of nitrogens with two attached hydrogens (primary N) is 1. The van der Waals surface area contributed by atoms with Crippen LogP contribution in [0.1, 0.15) is 5.82 Å². The Morgan fingerprint density at radius 3 is 3.00 bits per heavy atom. The van der Waals surface area contributed by atoms with Gasteiger partial charge in [-0.25, -0.2) is 9.97 Å². The van der Waals surface area contributed by atoms with Crippen molar-refractivity contribution in [3.8, 4) is 0 Å². The molecule has 3 N–H and O–H groups in total. The minimum atomic E-state index is -0.485. The third-order valence-electron chi connectivity index (χ3n) is 1.60. The molecule has 16 heavy (non-hydrogen) atoms. The number of carbonyl (C=O) groups is 1. The predicted octanol–water partition coefficient (Wildman–Crippen LogP) is 0.352. The smallest absolute Gasteiger partial charge is 0.243 e. The summed E-state index contributed by atoms with van der Waals surface area (Å²) in [4.78, 5) is 18.4. The first-order valence-corrected chi connectivity index (χ1v) is 5.07. The number of aromatic nitrogens is 2. The topological polar surface area (TPSA) is 90.1 Å². The van der Waals surface area contributed by atoms with Gasteiger partial charge in [0.2, 0.25) is 5.91 Å². The summed E-state index contributed by atoms with van der Waals surface area (Å²) in [5.41, 5.74) is 4.90. The largest absolute Gasteiger partial charge is 0.370 e. The van der Waals surface area contributed by atoms with Gasteiger partial charge in [-0.2, -0.15) is 0 Å². The molecule has 0 spiro atoms. The number of hydrogen-bond donors (Lipinski definition) is 2. The second-order valence-electron chi connectivity index (χ2n) is 3.07. The molecule has 0 aliphatic carbocycles. The Morgan fingerprint density at radius 1 is 1.62 bits per heavy atom. The van der Waals surface area contributed by atoms with E-state index in [4.69, 9.17) is 22.1 Å². The molecular formula is C9H13ClN4O2. The van der Waals surface area contributed by atoms with Crippen LogP contribution < -0.4 is 11.1 Å². The molecule has 0 bridgehead atoms. The Morgan fingerprint density at radius 2 is 2.38 bits per heavy atom. The van der Waals surface area contributed by atoms with Crippen LogP contribution in [0.2, 0.25) is 5.15 Å². The Hall–Kier alpha value is -1.40. The van der Waals surface area contributed by atoms with Gasteiger partial charge in [0.25, 0.3) is 0 Å². The highest BCUT2D eigenvalue weighted by Gasteiger charge is 1.99. The van der Waals surface area contributed by atoms with Gasteiger partial charge in [-0.1, -0.05) is 11.6 Å². The zero-order valence-corrected chi connectivity index (χ0v) is 9.62. The van der Waals surface area contributed by atoms with Crippen molar-refractivity contribution in [3.05, 3.63) is 17.0 Å². The molecule has 0 radical (unpaired) electrons. The lowest BCUT2D eigenvalue weighted by atomic mass is 10.5. The highest BCUT2D eigenvalue weighted by molar-refractivity contribution is 6.29. The van der Waals surface area contributed by atoms with Gasteiger partial charge in [-0.15, -0.1) is 0 Å². The van der Waals surface area contributed by atoms with E-state index in [1.807, 2.05) is 0 Å². The van der Waals surface area contributed by atoms with E-state index in [1.54, 1.807) is 13.0 Å².